The number of carbonyl (C=O) groups is 3. The number of anilines is 3. The normalized spacial score (nSPS) is 8.90. The van der Waals surface area contributed by atoms with Gasteiger partial charge in [-0.2, -0.15) is 0 Å². The van der Waals surface area contributed by atoms with Gasteiger partial charge in [0.1, 0.15) is 0 Å². The number of nitrogens with two attached hydrogens (primary N) is 3. The van der Waals surface area contributed by atoms with Crippen LogP contribution in [0, 0.1) is 0 Å². The van der Waals surface area contributed by atoms with Crippen molar-refractivity contribution in [2.75, 3.05) is 17.2 Å². The van der Waals surface area contributed by atoms with E-state index < -0.39 is 17.9 Å². The predicted molar refractivity (Wildman–Crippen MR) is 107 cm³/mol. The molecule has 159 valence electrons. The minimum absolute atomic E-state index is 0. The van der Waals surface area contributed by atoms with Gasteiger partial charge in [0.25, 0.3) is 0 Å². The van der Waals surface area contributed by atoms with Crippen LogP contribution in [0.25, 0.3) is 0 Å². The number of rotatable bonds is 3. The van der Waals surface area contributed by atoms with Gasteiger partial charge < -0.3 is 32.5 Å². The number of nitrogens with zero attached hydrogens (tertiary/aromatic N) is 3. The SMILES string of the molecule is Nc1cccnc1C(=O)O.Nc1cccnc1C(=O)O.Nc1cccnc1C(=O)O.[Y]. The van der Waals surface area contributed by atoms with Crippen molar-refractivity contribution in [2.45, 2.75) is 0 Å². The van der Waals surface area contributed by atoms with E-state index in [1.54, 1.807) is 18.2 Å². The monoisotopic (exact) mass is 503 g/mol. The molecule has 0 bridgehead atoms. The summed E-state index contributed by atoms with van der Waals surface area (Å²) < 4.78 is 0. The summed E-state index contributed by atoms with van der Waals surface area (Å²) in [4.78, 5) is 41.5. The van der Waals surface area contributed by atoms with Gasteiger partial charge >= 0.3 is 17.9 Å². The van der Waals surface area contributed by atoms with E-state index in [4.69, 9.17) is 32.5 Å². The van der Waals surface area contributed by atoms with Gasteiger partial charge in [0.05, 0.1) is 17.1 Å². The molecule has 0 aliphatic carbocycles. The Hall–Kier alpha value is -3.64. The Labute approximate surface area is 201 Å². The van der Waals surface area contributed by atoms with Crippen LogP contribution in [0.1, 0.15) is 31.5 Å². The molecule has 3 heterocycles. The number of aromatic carboxylic acids is 3. The summed E-state index contributed by atoms with van der Waals surface area (Å²) in [5, 5.41) is 25.3. The fraction of sp³-hybridized carbons (Fsp3) is 0. The largest absolute Gasteiger partial charge is 0.476 e. The summed E-state index contributed by atoms with van der Waals surface area (Å²) in [6.45, 7) is 0. The topological polar surface area (TPSA) is 229 Å². The van der Waals surface area contributed by atoms with Crippen molar-refractivity contribution >= 4 is 35.0 Å². The second-order valence-corrected chi connectivity index (χ2v) is 5.24. The van der Waals surface area contributed by atoms with E-state index in [9.17, 15) is 14.4 Å². The number of hydrogen-bond donors (Lipinski definition) is 6. The quantitative estimate of drug-likeness (QED) is 0.295. The Morgan fingerprint density at radius 2 is 0.806 bits per heavy atom. The van der Waals surface area contributed by atoms with E-state index in [1.807, 2.05) is 0 Å². The third kappa shape index (κ3) is 9.15. The van der Waals surface area contributed by atoms with Gasteiger partial charge in [0.2, 0.25) is 0 Å². The summed E-state index contributed by atoms with van der Waals surface area (Å²) in [6.07, 6.45) is 4.17. The van der Waals surface area contributed by atoms with E-state index in [0.717, 1.165) is 0 Å². The molecule has 0 unspecified atom stereocenters. The molecule has 9 N–H and O–H groups in total. The van der Waals surface area contributed by atoms with E-state index in [1.165, 1.54) is 36.8 Å². The van der Waals surface area contributed by atoms with Gasteiger partial charge in [-0.1, -0.05) is 0 Å². The van der Waals surface area contributed by atoms with Crippen molar-refractivity contribution < 1.29 is 62.4 Å². The molecule has 1 radical (unpaired) electrons. The van der Waals surface area contributed by atoms with Crippen LogP contribution in [0.2, 0.25) is 0 Å². The van der Waals surface area contributed by atoms with Crippen molar-refractivity contribution in [1.29, 1.82) is 0 Å². The van der Waals surface area contributed by atoms with Crippen LogP contribution in [0.15, 0.2) is 55.0 Å². The Morgan fingerprint density at radius 3 is 0.935 bits per heavy atom. The predicted octanol–water partition coefficient (Wildman–Crippen LogP) is 1.08. The summed E-state index contributed by atoms with van der Waals surface area (Å²) in [5.74, 6) is -3.30. The van der Waals surface area contributed by atoms with E-state index in [2.05, 4.69) is 15.0 Å². The summed E-state index contributed by atoms with van der Waals surface area (Å²) in [7, 11) is 0. The third-order valence-corrected chi connectivity index (χ3v) is 3.12. The van der Waals surface area contributed by atoms with Gasteiger partial charge in [-0.15, -0.1) is 0 Å². The zero-order valence-electron chi connectivity index (χ0n) is 15.9. The standard InChI is InChI=1S/3C6H6N2O2.Y/c3*7-4-2-1-3-8-5(4)6(9)10;/h3*1-3H,7H2,(H,9,10);. The maximum absolute atomic E-state index is 10.3. The Balaban J connectivity index is 0.000000429. The van der Waals surface area contributed by atoms with Crippen molar-refractivity contribution in [2.24, 2.45) is 0 Å². The smallest absolute Gasteiger partial charge is 0.356 e. The van der Waals surface area contributed by atoms with E-state index in [-0.39, 0.29) is 66.9 Å². The molecule has 0 aromatic carbocycles. The second kappa shape index (κ2) is 13.6. The van der Waals surface area contributed by atoms with Gasteiger partial charge in [-0.25, -0.2) is 29.3 Å². The van der Waals surface area contributed by atoms with Crippen LogP contribution < -0.4 is 17.2 Å². The summed E-state index contributed by atoms with van der Waals surface area (Å²) in [5.41, 5.74) is 16.1. The number of carboxylic acid groups (broad SMARTS) is 3. The molecule has 0 aliphatic heterocycles. The van der Waals surface area contributed by atoms with Gasteiger partial charge in [0, 0.05) is 51.3 Å². The Morgan fingerprint density at radius 1 is 0.581 bits per heavy atom. The van der Waals surface area contributed by atoms with Crippen molar-refractivity contribution in [3.05, 3.63) is 72.1 Å². The molecule has 3 rings (SSSR count). The minimum Gasteiger partial charge on any atom is -0.476 e. The average molecular weight is 503 g/mol. The number of hydrogen-bond acceptors (Lipinski definition) is 9. The van der Waals surface area contributed by atoms with Gasteiger partial charge in [0.15, 0.2) is 17.1 Å². The number of nitrogen functional groups attached to an aromatic ring is 3. The molecule has 0 fully saturated rings. The molecule has 0 saturated carbocycles. The zero-order chi connectivity index (χ0) is 22.7. The molecular weight excluding hydrogens is 485 g/mol. The van der Waals surface area contributed by atoms with E-state index >= 15 is 0 Å². The maximum atomic E-state index is 10.3. The first-order valence-corrected chi connectivity index (χ1v) is 7.96. The van der Waals surface area contributed by atoms with Crippen LogP contribution in [0.3, 0.4) is 0 Å². The number of carboxylic acids is 3. The zero-order valence-corrected chi connectivity index (χ0v) is 18.8. The molecular formula is C18H18N6O6Y. The van der Waals surface area contributed by atoms with E-state index in [0.29, 0.717) is 0 Å². The Kier molecular flexibility index (Phi) is 12.0. The molecule has 0 aliphatic rings. The molecule has 0 atom stereocenters. The average Bonchev–Trinajstić information content (AvgIpc) is 2.69. The first-order valence-electron chi connectivity index (χ1n) is 7.96. The van der Waals surface area contributed by atoms with Crippen LogP contribution >= 0.6 is 0 Å². The number of aromatic nitrogens is 3. The second-order valence-electron chi connectivity index (χ2n) is 5.24. The molecule has 3 aromatic rings. The minimum atomic E-state index is -1.10. The number of pyridine rings is 3. The first kappa shape index (κ1) is 27.4. The first-order chi connectivity index (χ1) is 14.1. The van der Waals surface area contributed by atoms with Gasteiger partial charge in [-0.05, 0) is 36.4 Å². The molecule has 12 nitrogen and oxygen atoms in total. The molecule has 0 spiro atoms. The van der Waals surface area contributed by atoms with Crippen LogP contribution in [0.5, 0.6) is 0 Å². The van der Waals surface area contributed by atoms with Crippen molar-refractivity contribution in [3.8, 4) is 0 Å². The summed E-state index contributed by atoms with van der Waals surface area (Å²) >= 11 is 0. The molecule has 31 heavy (non-hydrogen) atoms. The third-order valence-electron chi connectivity index (χ3n) is 3.12. The molecule has 0 saturated heterocycles. The molecule has 3 aromatic heterocycles. The maximum Gasteiger partial charge on any atom is 0.356 e. The Bertz CT molecular complexity index is 917. The summed E-state index contributed by atoms with van der Waals surface area (Å²) in [6, 6.07) is 9.24. The fourth-order valence-electron chi connectivity index (χ4n) is 1.79. The van der Waals surface area contributed by atoms with Gasteiger partial charge in [-0.3, -0.25) is 0 Å². The fourth-order valence-corrected chi connectivity index (χ4v) is 1.79. The van der Waals surface area contributed by atoms with Crippen molar-refractivity contribution in [1.82, 2.24) is 15.0 Å². The molecule has 0 amide bonds. The van der Waals surface area contributed by atoms with Crippen LogP contribution in [-0.4, -0.2) is 48.2 Å². The van der Waals surface area contributed by atoms with Crippen LogP contribution in [0.4, 0.5) is 17.1 Å². The van der Waals surface area contributed by atoms with Crippen LogP contribution in [-0.2, 0) is 32.7 Å². The van der Waals surface area contributed by atoms with Crippen molar-refractivity contribution in [3.63, 3.8) is 0 Å². The molecule has 13 heteroatoms.